The number of hydrogen-bond donors (Lipinski definition) is 3. The fraction of sp³-hybridized carbons (Fsp3) is 0.286. The van der Waals surface area contributed by atoms with Gasteiger partial charge in [0.15, 0.2) is 0 Å². The van der Waals surface area contributed by atoms with Crippen molar-refractivity contribution >= 4 is 11.7 Å². The molecule has 20 heavy (non-hydrogen) atoms. The van der Waals surface area contributed by atoms with Gasteiger partial charge in [-0.2, -0.15) is 0 Å². The maximum absolute atomic E-state index is 12.3. The van der Waals surface area contributed by atoms with Crippen molar-refractivity contribution < 1.29 is 9.90 Å². The highest BCUT2D eigenvalue weighted by atomic mass is 16.3. The lowest BCUT2D eigenvalue weighted by Gasteiger charge is -2.17. The Morgan fingerprint density at radius 1 is 1.50 bits per heavy atom. The lowest BCUT2D eigenvalue weighted by molar-refractivity contribution is 0.102. The molecule has 0 radical (unpaired) electrons. The number of aryl methyl sites for hydroxylation is 1. The van der Waals surface area contributed by atoms with E-state index in [-0.39, 0.29) is 11.7 Å². The van der Waals surface area contributed by atoms with E-state index in [9.17, 15) is 9.90 Å². The highest BCUT2D eigenvalue weighted by molar-refractivity contribution is 6.05. The van der Waals surface area contributed by atoms with Crippen molar-refractivity contribution in [3.8, 4) is 5.75 Å². The second-order valence-corrected chi connectivity index (χ2v) is 4.84. The van der Waals surface area contributed by atoms with Crippen molar-refractivity contribution in [2.75, 3.05) is 11.9 Å². The zero-order valence-electron chi connectivity index (χ0n) is 11.2. The van der Waals surface area contributed by atoms with Crippen molar-refractivity contribution in [1.82, 2.24) is 14.9 Å². The molecule has 0 saturated heterocycles. The van der Waals surface area contributed by atoms with Crippen LogP contribution in [0.4, 0.5) is 5.82 Å². The fourth-order valence-electron chi connectivity index (χ4n) is 2.33. The van der Waals surface area contributed by atoms with E-state index in [1.807, 2.05) is 11.5 Å². The Bertz CT molecular complexity index is 663. The number of carbonyl (C=O) groups excluding carboxylic acids is 1. The zero-order valence-corrected chi connectivity index (χ0v) is 11.2. The van der Waals surface area contributed by atoms with Gasteiger partial charge in [0.2, 0.25) is 0 Å². The number of hydrogen-bond acceptors (Lipinski definition) is 4. The van der Waals surface area contributed by atoms with Gasteiger partial charge < -0.3 is 20.3 Å². The Hall–Kier alpha value is -2.34. The molecule has 1 aliphatic heterocycles. The summed E-state index contributed by atoms with van der Waals surface area (Å²) in [5, 5.41) is 15.6. The van der Waals surface area contributed by atoms with Crippen molar-refractivity contribution in [3.63, 3.8) is 0 Å². The third kappa shape index (κ3) is 2.25. The van der Waals surface area contributed by atoms with Crippen LogP contribution in [-0.2, 0) is 13.1 Å². The summed E-state index contributed by atoms with van der Waals surface area (Å²) in [7, 11) is 0. The number of aromatic hydroxyl groups is 1. The van der Waals surface area contributed by atoms with Gasteiger partial charge in [-0.25, -0.2) is 4.98 Å². The standard InChI is InChI=1S/C14H16N4O2/c1-9-2-3-10(19)6-11(9)14(20)17-13-8-16-12-7-15-4-5-18(12)13/h2-3,6,8,15,19H,4-5,7H2,1H3,(H,17,20). The summed E-state index contributed by atoms with van der Waals surface area (Å²) >= 11 is 0. The molecule has 6 nitrogen and oxygen atoms in total. The minimum absolute atomic E-state index is 0.0836. The zero-order chi connectivity index (χ0) is 14.1. The van der Waals surface area contributed by atoms with Gasteiger partial charge >= 0.3 is 0 Å². The van der Waals surface area contributed by atoms with E-state index in [1.54, 1.807) is 18.3 Å². The molecule has 0 spiro atoms. The minimum Gasteiger partial charge on any atom is -0.508 e. The molecule has 3 rings (SSSR count). The molecule has 104 valence electrons. The summed E-state index contributed by atoms with van der Waals surface area (Å²) in [6.07, 6.45) is 1.67. The summed E-state index contributed by atoms with van der Waals surface area (Å²) in [5.74, 6) is 1.45. The number of phenols is 1. The number of phenolic OH excluding ortho intramolecular Hbond substituents is 1. The molecule has 1 aliphatic rings. The molecule has 0 aliphatic carbocycles. The van der Waals surface area contributed by atoms with E-state index in [1.165, 1.54) is 6.07 Å². The predicted molar refractivity (Wildman–Crippen MR) is 74.7 cm³/mol. The van der Waals surface area contributed by atoms with E-state index in [2.05, 4.69) is 15.6 Å². The Morgan fingerprint density at radius 3 is 3.20 bits per heavy atom. The average molecular weight is 272 g/mol. The molecule has 6 heteroatoms. The highest BCUT2D eigenvalue weighted by Crippen LogP contribution is 2.19. The maximum atomic E-state index is 12.3. The van der Waals surface area contributed by atoms with Crippen LogP contribution in [0.3, 0.4) is 0 Å². The van der Waals surface area contributed by atoms with Gasteiger partial charge in [0.25, 0.3) is 5.91 Å². The van der Waals surface area contributed by atoms with Crippen molar-refractivity contribution in [3.05, 3.63) is 41.3 Å². The lowest BCUT2D eigenvalue weighted by atomic mass is 10.1. The van der Waals surface area contributed by atoms with Gasteiger partial charge in [-0.05, 0) is 24.6 Å². The number of fused-ring (bicyclic) bond motifs is 1. The average Bonchev–Trinajstić information content (AvgIpc) is 2.85. The van der Waals surface area contributed by atoms with Gasteiger partial charge in [-0.15, -0.1) is 0 Å². The summed E-state index contributed by atoms with van der Waals surface area (Å²) < 4.78 is 1.99. The Balaban J connectivity index is 1.86. The monoisotopic (exact) mass is 272 g/mol. The van der Waals surface area contributed by atoms with Gasteiger partial charge in [-0.1, -0.05) is 6.07 Å². The van der Waals surface area contributed by atoms with Crippen LogP contribution in [0.5, 0.6) is 5.75 Å². The Labute approximate surface area is 116 Å². The smallest absolute Gasteiger partial charge is 0.257 e. The van der Waals surface area contributed by atoms with E-state index >= 15 is 0 Å². The number of rotatable bonds is 2. The first-order chi connectivity index (χ1) is 9.65. The first-order valence-corrected chi connectivity index (χ1v) is 6.51. The van der Waals surface area contributed by atoms with E-state index in [0.29, 0.717) is 17.9 Å². The molecule has 0 bridgehead atoms. The second-order valence-electron chi connectivity index (χ2n) is 4.84. The van der Waals surface area contributed by atoms with E-state index < -0.39 is 0 Å². The van der Waals surface area contributed by atoms with Crippen LogP contribution in [0.25, 0.3) is 0 Å². The van der Waals surface area contributed by atoms with Crippen LogP contribution < -0.4 is 10.6 Å². The number of nitrogens with one attached hydrogen (secondary N) is 2. The molecule has 0 fully saturated rings. The first kappa shape index (κ1) is 12.7. The molecule has 3 N–H and O–H groups in total. The van der Waals surface area contributed by atoms with E-state index in [0.717, 1.165) is 24.5 Å². The molecular formula is C14H16N4O2. The summed E-state index contributed by atoms with van der Waals surface area (Å²) in [5.41, 5.74) is 1.29. The minimum atomic E-state index is -0.236. The maximum Gasteiger partial charge on any atom is 0.257 e. The van der Waals surface area contributed by atoms with Gasteiger partial charge in [-0.3, -0.25) is 4.79 Å². The number of nitrogens with zero attached hydrogens (tertiary/aromatic N) is 2. The third-order valence-corrected chi connectivity index (χ3v) is 3.44. The predicted octanol–water partition coefficient (Wildman–Crippen LogP) is 1.25. The molecule has 2 aromatic rings. The molecule has 1 aromatic carbocycles. The summed E-state index contributed by atoms with van der Waals surface area (Å²) in [6.45, 7) is 4.19. The van der Waals surface area contributed by atoms with Gasteiger partial charge in [0, 0.05) is 18.7 Å². The Morgan fingerprint density at radius 2 is 2.35 bits per heavy atom. The topological polar surface area (TPSA) is 79.2 Å². The molecule has 0 saturated carbocycles. The summed E-state index contributed by atoms with van der Waals surface area (Å²) in [6, 6.07) is 4.76. The summed E-state index contributed by atoms with van der Waals surface area (Å²) in [4.78, 5) is 16.6. The van der Waals surface area contributed by atoms with Crippen LogP contribution in [0.2, 0.25) is 0 Å². The number of anilines is 1. The van der Waals surface area contributed by atoms with Crippen molar-refractivity contribution in [1.29, 1.82) is 0 Å². The number of carbonyl (C=O) groups is 1. The number of imidazole rings is 1. The highest BCUT2D eigenvalue weighted by Gasteiger charge is 2.17. The molecule has 0 atom stereocenters. The molecular weight excluding hydrogens is 256 g/mol. The number of aromatic nitrogens is 2. The molecule has 2 heterocycles. The second kappa shape index (κ2) is 4.97. The SMILES string of the molecule is Cc1ccc(O)cc1C(=O)Nc1cnc2n1CCNC2. The first-order valence-electron chi connectivity index (χ1n) is 6.51. The third-order valence-electron chi connectivity index (χ3n) is 3.44. The van der Waals surface area contributed by atoms with Gasteiger partial charge in [0.05, 0.1) is 12.7 Å². The number of amides is 1. The van der Waals surface area contributed by atoms with Crippen LogP contribution in [0, 0.1) is 6.92 Å². The van der Waals surface area contributed by atoms with Crippen LogP contribution in [0.15, 0.2) is 24.4 Å². The molecule has 1 amide bonds. The largest absolute Gasteiger partial charge is 0.508 e. The Kier molecular flexibility index (Phi) is 3.15. The van der Waals surface area contributed by atoms with Gasteiger partial charge in [0.1, 0.15) is 17.4 Å². The molecule has 0 unspecified atom stereocenters. The van der Waals surface area contributed by atoms with Crippen LogP contribution >= 0.6 is 0 Å². The van der Waals surface area contributed by atoms with Crippen molar-refractivity contribution in [2.45, 2.75) is 20.0 Å². The molecule has 1 aromatic heterocycles. The fourth-order valence-corrected chi connectivity index (χ4v) is 2.33. The number of benzene rings is 1. The van der Waals surface area contributed by atoms with Crippen LogP contribution in [-0.4, -0.2) is 27.1 Å². The quantitative estimate of drug-likeness (QED) is 0.769. The van der Waals surface area contributed by atoms with E-state index in [4.69, 9.17) is 0 Å². The lowest BCUT2D eigenvalue weighted by Crippen LogP contribution is -2.29. The van der Waals surface area contributed by atoms with Crippen LogP contribution in [0.1, 0.15) is 21.7 Å². The normalized spacial score (nSPS) is 13.8. The van der Waals surface area contributed by atoms with Crippen molar-refractivity contribution in [2.24, 2.45) is 0 Å².